The van der Waals surface area contributed by atoms with Crippen LogP contribution in [0.15, 0.2) is 0 Å². The SMILES string of the molecule is CCOP(=O)(OCC)[C@@](N)(CC(C)=O)C(F)(F)F. The molecule has 0 saturated heterocycles. The Balaban J connectivity index is 5.65. The van der Waals surface area contributed by atoms with E-state index in [4.69, 9.17) is 5.73 Å². The highest BCUT2D eigenvalue weighted by molar-refractivity contribution is 7.55. The van der Waals surface area contributed by atoms with Gasteiger partial charge in [0.15, 0.2) is 0 Å². The first-order valence-electron chi connectivity index (χ1n) is 5.28. The first kappa shape index (κ1) is 17.6. The van der Waals surface area contributed by atoms with Crippen molar-refractivity contribution in [1.82, 2.24) is 0 Å². The molecule has 0 aliphatic heterocycles. The van der Waals surface area contributed by atoms with Crippen LogP contribution < -0.4 is 5.73 Å². The minimum atomic E-state index is -5.08. The summed E-state index contributed by atoms with van der Waals surface area (Å²) in [4.78, 5) is 10.9. The molecule has 0 spiro atoms. The summed E-state index contributed by atoms with van der Waals surface area (Å²) in [6, 6.07) is 0. The van der Waals surface area contributed by atoms with E-state index in [1.54, 1.807) is 0 Å². The van der Waals surface area contributed by atoms with Crippen molar-refractivity contribution in [3.8, 4) is 0 Å². The summed E-state index contributed by atoms with van der Waals surface area (Å²) < 4.78 is 60.4. The van der Waals surface area contributed by atoms with Gasteiger partial charge in [-0.1, -0.05) is 0 Å². The largest absolute Gasteiger partial charge is 0.418 e. The predicted molar refractivity (Wildman–Crippen MR) is 59.1 cm³/mol. The Morgan fingerprint density at radius 2 is 1.61 bits per heavy atom. The molecule has 0 fully saturated rings. The van der Waals surface area contributed by atoms with Crippen molar-refractivity contribution in [3.63, 3.8) is 0 Å². The number of carbonyl (C=O) groups is 1. The molecule has 9 heteroatoms. The molecular formula is C9H17F3NO4P. The fraction of sp³-hybridized carbons (Fsp3) is 0.889. The Bertz CT molecular complexity index is 337. The smallest absolute Gasteiger partial charge is 0.307 e. The number of Topliss-reactive ketones (excluding diaryl/α,β-unsaturated/α-hetero) is 1. The molecule has 0 rings (SSSR count). The average Bonchev–Trinajstić information content (AvgIpc) is 2.15. The highest BCUT2D eigenvalue weighted by atomic mass is 31.2. The van der Waals surface area contributed by atoms with Gasteiger partial charge in [0.25, 0.3) is 0 Å². The van der Waals surface area contributed by atoms with Crippen LogP contribution in [0.4, 0.5) is 13.2 Å². The Labute approximate surface area is 103 Å². The molecule has 108 valence electrons. The van der Waals surface area contributed by atoms with Crippen LogP contribution in [0, 0.1) is 0 Å². The average molecular weight is 291 g/mol. The topological polar surface area (TPSA) is 78.6 Å². The molecule has 18 heavy (non-hydrogen) atoms. The second-order valence-electron chi connectivity index (χ2n) is 3.63. The number of rotatable bonds is 7. The summed E-state index contributed by atoms with van der Waals surface area (Å²) >= 11 is 0. The van der Waals surface area contributed by atoms with Crippen molar-refractivity contribution >= 4 is 13.4 Å². The van der Waals surface area contributed by atoms with Crippen molar-refractivity contribution < 1.29 is 31.6 Å². The second kappa shape index (κ2) is 6.14. The third kappa shape index (κ3) is 3.54. The molecule has 0 aliphatic carbocycles. The lowest BCUT2D eigenvalue weighted by Gasteiger charge is -2.36. The summed E-state index contributed by atoms with van der Waals surface area (Å²) in [6.45, 7) is 3.09. The number of hydrogen-bond donors (Lipinski definition) is 1. The lowest BCUT2D eigenvalue weighted by atomic mass is 10.1. The van der Waals surface area contributed by atoms with E-state index in [1.165, 1.54) is 13.8 Å². The molecular weight excluding hydrogens is 274 g/mol. The van der Waals surface area contributed by atoms with E-state index in [9.17, 15) is 22.5 Å². The number of nitrogens with two attached hydrogens (primary N) is 1. The van der Waals surface area contributed by atoms with E-state index in [0.29, 0.717) is 0 Å². The van der Waals surface area contributed by atoms with Gasteiger partial charge in [-0.05, 0) is 20.8 Å². The van der Waals surface area contributed by atoms with Gasteiger partial charge in [-0.3, -0.25) is 9.36 Å². The van der Waals surface area contributed by atoms with Gasteiger partial charge < -0.3 is 14.8 Å². The highest BCUT2D eigenvalue weighted by Gasteiger charge is 2.66. The zero-order chi connectivity index (χ0) is 14.6. The van der Waals surface area contributed by atoms with Crippen molar-refractivity contribution in [3.05, 3.63) is 0 Å². The Hall–Kier alpha value is -0.430. The first-order valence-corrected chi connectivity index (χ1v) is 6.82. The van der Waals surface area contributed by atoms with Crippen molar-refractivity contribution in [2.45, 2.75) is 38.6 Å². The van der Waals surface area contributed by atoms with Crippen LogP contribution in [-0.2, 0) is 18.4 Å². The van der Waals surface area contributed by atoms with Gasteiger partial charge in [-0.25, -0.2) is 0 Å². The van der Waals surface area contributed by atoms with Crippen LogP contribution in [0.5, 0.6) is 0 Å². The van der Waals surface area contributed by atoms with Crippen molar-refractivity contribution in [2.24, 2.45) is 5.73 Å². The zero-order valence-corrected chi connectivity index (χ0v) is 11.3. The van der Waals surface area contributed by atoms with Gasteiger partial charge in [0.1, 0.15) is 5.78 Å². The van der Waals surface area contributed by atoms with E-state index >= 15 is 0 Å². The number of ketones is 1. The van der Waals surface area contributed by atoms with Gasteiger partial charge in [-0.15, -0.1) is 0 Å². The van der Waals surface area contributed by atoms with Gasteiger partial charge in [0.2, 0.25) is 5.28 Å². The predicted octanol–water partition coefficient (Wildman–Crippen LogP) is 2.45. The third-order valence-corrected chi connectivity index (χ3v) is 4.68. The van der Waals surface area contributed by atoms with Crippen LogP contribution in [0.2, 0.25) is 0 Å². The summed E-state index contributed by atoms with van der Waals surface area (Å²) in [7, 11) is -4.68. The minimum absolute atomic E-state index is 0.274. The molecule has 1 atom stereocenters. The van der Waals surface area contributed by atoms with Crippen LogP contribution in [0.25, 0.3) is 0 Å². The fourth-order valence-electron chi connectivity index (χ4n) is 1.34. The maximum absolute atomic E-state index is 13.0. The standard InChI is InChI=1S/C9H17F3NO4P/c1-4-16-18(15,17-5-2)8(13,6-7(3)14)9(10,11)12/h4-6,13H2,1-3H3/t8-/m0/s1. The summed E-state index contributed by atoms with van der Waals surface area (Å²) in [5.74, 6) is -0.852. The second-order valence-corrected chi connectivity index (χ2v) is 5.94. The highest BCUT2D eigenvalue weighted by Crippen LogP contribution is 2.64. The third-order valence-electron chi connectivity index (χ3n) is 2.10. The molecule has 0 radical (unpaired) electrons. The van der Waals surface area contributed by atoms with Crippen molar-refractivity contribution in [2.75, 3.05) is 13.2 Å². The minimum Gasteiger partial charge on any atom is -0.307 e. The summed E-state index contributed by atoms with van der Waals surface area (Å²) in [6.07, 6.45) is -6.24. The molecule has 0 saturated carbocycles. The lowest BCUT2D eigenvalue weighted by molar-refractivity contribution is -0.171. The molecule has 2 N–H and O–H groups in total. The molecule has 0 aromatic heterocycles. The molecule has 0 aromatic rings. The summed E-state index contributed by atoms with van der Waals surface area (Å²) in [5.41, 5.74) is 5.17. The van der Waals surface area contributed by atoms with E-state index in [2.05, 4.69) is 9.05 Å². The number of carbonyl (C=O) groups excluding carboxylic acids is 1. The van der Waals surface area contributed by atoms with Gasteiger partial charge >= 0.3 is 13.8 Å². The fourth-order valence-corrected chi connectivity index (χ4v) is 3.28. The van der Waals surface area contributed by atoms with Gasteiger partial charge in [0.05, 0.1) is 13.2 Å². The monoisotopic (exact) mass is 291 g/mol. The Kier molecular flexibility index (Phi) is 6.00. The van der Waals surface area contributed by atoms with Crippen LogP contribution >= 0.6 is 7.60 Å². The molecule has 5 nitrogen and oxygen atoms in total. The molecule has 0 aliphatic rings. The van der Waals surface area contributed by atoms with Crippen molar-refractivity contribution in [1.29, 1.82) is 0 Å². The lowest BCUT2D eigenvalue weighted by Crippen LogP contribution is -2.54. The van der Waals surface area contributed by atoms with E-state index in [-0.39, 0.29) is 13.2 Å². The number of halogens is 3. The zero-order valence-electron chi connectivity index (χ0n) is 10.4. The normalized spacial score (nSPS) is 16.4. The van der Waals surface area contributed by atoms with Gasteiger partial charge in [-0.2, -0.15) is 13.2 Å². The molecule has 0 bridgehead atoms. The first-order chi connectivity index (χ1) is 8.04. The molecule has 0 aromatic carbocycles. The van der Waals surface area contributed by atoms with E-state index in [1.807, 2.05) is 0 Å². The van der Waals surface area contributed by atoms with Crippen LogP contribution in [0.3, 0.4) is 0 Å². The van der Waals surface area contributed by atoms with Gasteiger partial charge in [0, 0.05) is 6.42 Å². The van der Waals surface area contributed by atoms with Crippen LogP contribution in [0.1, 0.15) is 27.2 Å². The summed E-state index contributed by atoms with van der Waals surface area (Å²) in [5, 5.41) is -3.32. The Morgan fingerprint density at radius 3 is 1.83 bits per heavy atom. The van der Waals surface area contributed by atoms with Crippen LogP contribution in [-0.4, -0.2) is 30.5 Å². The van der Waals surface area contributed by atoms with E-state index in [0.717, 1.165) is 6.92 Å². The Morgan fingerprint density at radius 1 is 1.22 bits per heavy atom. The van der Waals surface area contributed by atoms with E-state index < -0.39 is 31.3 Å². The maximum Gasteiger partial charge on any atom is 0.418 e. The maximum atomic E-state index is 13.0. The molecule has 0 unspecified atom stereocenters. The molecule has 0 heterocycles. The number of alkyl halides is 3. The molecule has 0 amide bonds. The quantitative estimate of drug-likeness (QED) is 0.729. The number of hydrogen-bond acceptors (Lipinski definition) is 5.